The second kappa shape index (κ2) is 6.08. The Bertz CT molecular complexity index is 989. The molecule has 2 aliphatic rings. The van der Waals surface area contributed by atoms with Gasteiger partial charge >= 0.3 is 0 Å². The molecule has 126 valence electrons. The van der Waals surface area contributed by atoms with Crippen molar-refractivity contribution >= 4 is 22.8 Å². The lowest BCUT2D eigenvalue weighted by atomic mass is 9.86. The lowest BCUT2D eigenvalue weighted by molar-refractivity contribution is -0.114. The van der Waals surface area contributed by atoms with Crippen molar-refractivity contribution in [1.29, 1.82) is 0 Å². The maximum Gasteiger partial charge on any atom is 0.287 e. The molecule has 1 saturated carbocycles. The molecular formula is C18H15N3O4. The highest BCUT2D eigenvalue weighted by Crippen LogP contribution is 2.29. The van der Waals surface area contributed by atoms with E-state index in [1.54, 1.807) is 24.3 Å². The molecule has 0 radical (unpaired) electrons. The Morgan fingerprint density at radius 3 is 2.92 bits per heavy atom. The monoisotopic (exact) mass is 337 g/mol. The van der Waals surface area contributed by atoms with Crippen molar-refractivity contribution in [3.63, 3.8) is 0 Å². The predicted molar refractivity (Wildman–Crippen MR) is 89.3 cm³/mol. The largest absolute Gasteiger partial charge is 0.451 e. The Labute approximate surface area is 142 Å². The Kier molecular flexibility index (Phi) is 3.76. The third kappa shape index (κ3) is 3.00. The molecule has 25 heavy (non-hydrogen) atoms. The quantitative estimate of drug-likeness (QED) is 0.909. The van der Waals surface area contributed by atoms with E-state index in [1.807, 2.05) is 0 Å². The van der Waals surface area contributed by atoms with Gasteiger partial charge in [-0.25, -0.2) is 0 Å². The summed E-state index contributed by atoms with van der Waals surface area (Å²) in [5.74, 6) is -0.811. The fourth-order valence-electron chi connectivity index (χ4n) is 3.26. The molecule has 0 saturated heterocycles. The smallest absolute Gasteiger partial charge is 0.287 e. The highest BCUT2D eigenvalue weighted by molar-refractivity contribution is 5.93. The van der Waals surface area contributed by atoms with Crippen LogP contribution in [0.25, 0.3) is 11.0 Å². The number of azo groups is 1. The van der Waals surface area contributed by atoms with Crippen LogP contribution in [0.15, 0.2) is 61.4 Å². The standard InChI is InChI=1S/C18H15N3O4/c22-14-9-16(25-15-4-2-1-3-12(14)15)18(24)19-11-5-6-13-10(7-11)8-17(23)21-20-13/h1-4,8-9,11,13H,5-7H2,(H,19,24). The molecule has 2 heterocycles. The molecule has 7 heteroatoms. The number of para-hydroxylation sites is 1. The minimum Gasteiger partial charge on any atom is -0.451 e. The molecule has 1 aliphatic heterocycles. The van der Waals surface area contributed by atoms with Gasteiger partial charge in [-0.1, -0.05) is 12.1 Å². The molecule has 1 aliphatic carbocycles. The summed E-state index contributed by atoms with van der Waals surface area (Å²) >= 11 is 0. The number of hydrogen-bond donors (Lipinski definition) is 1. The van der Waals surface area contributed by atoms with Gasteiger partial charge in [0.25, 0.3) is 11.8 Å². The first-order valence-corrected chi connectivity index (χ1v) is 8.09. The molecule has 2 aromatic rings. The van der Waals surface area contributed by atoms with Crippen molar-refractivity contribution < 1.29 is 14.0 Å². The minimum atomic E-state index is -0.435. The third-order valence-electron chi connectivity index (χ3n) is 4.50. The second-order valence-electron chi connectivity index (χ2n) is 6.21. The van der Waals surface area contributed by atoms with Gasteiger partial charge in [-0.05, 0) is 37.0 Å². The second-order valence-corrected chi connectivity index (χ2v) is 6.21. The van der Waals surface area contributed by atoms with Crippen LogP contribution in [0.5, 0.6) is 0 Å². The maximum atomic E-state index is 12.5. The van der Waals surface area contributed by atoms with Gasteiger partial charge in [0.15, 0.2) is 11.2 Å². The van der Waals surface area contributed by atoms with Crippen LogP contribution in [0.3, 0.4) is 0 Å². The summed E-state index contributed by atoms with van der Waals surface area (Å²) < 4.78 is 5.56. The summed E-state index contributed by atoms with van der Waals surface area (Å²) in [4.78, 5) is 35.9. The molecule has 1 aromatic heterocycles. The van der Waals surface area contributed by atoms with Gasteiger partial charge in [-0.15, -0.1) is 5.11 Å². The number of carbonyl (C=O) groups is 2. The first-order valence-electron chi connectivity index (χ1n) is 8.09. The van der Waals surface area contributed by atoms with Crippen molar-refractivity contribution in [2.45, 2.75) is 31.3 Å². The zero-order chi connectivity index (χ0) is 17.4. The highest BCUT2D eigenvalue weighted by Gasteiger charge is 2.29. The number of hydrogen-bond acceptors (Lipinski definition) is 5. The topological polar surface area (TPSA) is 101 Å². The van der Waals surface area contributed by atoms with Crippen LogP contribution in [0, 0.1) is 0 Å². The average Bonchev–Trinajstić information content (AvgIpc) is 2.61. The van der Waals surface area contributed by atoms with Crippen LogP contribution in [0.1, 0.15) is 29.8 Å². The number of nitrogens with one attached hydrogen (secondary N) is 1. The molecule has 1 aromatic carbocycles. The summed E-state index contributed by atoms with van der Waals surface area (Å²) in [6, 6.07) is 7.81. The van der Waals surface area contributed by atoms with Crippen molar-refractivity contribution in [3.8, 4) is 0 Å². The molecule has 1 N–H and O–H groups in total. The van der Waals surface area contributed by atoms with Crippen LogP contribution in [-0.4, -0.2) is 23.9 Å². The van der Waals surface area contributed by atoms with Crippen molar-refractivity contribution in [3.05, 3.63) is 58.0 Å². The number of rotatable bonds is 2. The zero-order valence-corrected chi connectivity index (χ0v) is 13.3. The molecule has 0 spiro atoms. The minimum absolute atomic E-state index is 0.0146. The van der Waals surface area contributed by atoms with Crippen molar-refractivity contribution in [2.24, 2.45) is 10.2 Å². The van der Waals surface area contributed by atoms with Gasteiger partial charge in [-0.2, -0.15) is 5.11 Å². The average molecular weight is 337 g/mol. The van der Waals surface area contributed by atoms with E-state index < -0.39 is 5.91 Å². The normalized spacial score (nSPS) is 22.4. The molecule has 7 nitrogen and oxygen atoms in total. The molecule has 2 amide bonds. The van der Waals surface area contributed by atoms with Crippen LogP contribution in [0.2, 0.25) is 0 Å². The first kappa shape index (κ1) is 15.4. The van der Waals surface area contributed by atoms with Gasteiger partial charge in [0.1, 0.15) is 5.58 Å². The molecule has 2 unspecified atom stereocenters. The number of carbonyl (C=O) groups excluding carboxylic acids is 2. The zero-order valence-electron chi connectivity index (χ0n) is 13.3. The number of fused-ring (bicyclic) bond motifs is 2. The van der Waals surface area contributed by atoms with Crippen molar-refractivity contribution in [1.82, 2.24) is 5.32 Å². The predicted octanol–water partition coefficient (Wildman–Crippen LogP) is 2.36. The summed E-state index contributed by atoms with van der Waals surface area (Å²) in [5.41, 5.74) is 1.01. The maximum absolute atomic E-state index is 12.5. The van der Waals surface area contributed by atoms with E-state index in [0.717, 1.165) is 18.4 Å². The van der Waals surface area contributed by atoms with Crippen molar-refractivity contribution in [2.75, 3.05) is 0 Å². The van der Waals surface area contributed by atoms with Crippen LogP contribution in [-0.2, 0) is 4.79 Å². The lowest BCUT2D eigenvalue weighted by Gasteiger charge is -2.29. The Morgan fingerprint density at radius 1 is 1.20 bits per heavy atom. The fourth-order valence-corrected chi connectivity index (χ4v) is 3.26. The van der Waals surface area contributed by atoms with Crippen LogP contribution < -0.4 is 10.7 Å². The number of benzene rings is 1. The molecular weight excluding hydrogens is 322 g/mol. The van der Waals surface area contributed by atoms with Gasteiger partial charge in [-0.3, -0.25) is 14.4 Å². The summed E-state index contributed by atoms with van der Waals surface area (Å²) in [5, 5.41) is 10.9. The van der Waals surface area contributed by atoms with E-state index in [-0.39, 0.29) is 29.2 Å². The van der Waals surface area contributed by atoms with Gasteiger partial charge < -0.3 is 9.73 Å². The van der Waals surface area contributed by atoms with E-state index >= 15 is 0 Å². The fraction of sp³-hybridized carbons (Fsp3) is 0.278. The van der Waals surface area contributed by atoms with E-state index in [9.17, 15) is 14.4 Å². The Balaban J connectivity index is 1.53. The first-order chi connectivity index (χ1) is 12.1. The highest BCUT2D eigenvalue weighted by atomic mass is 16.3. The van der Waals surface area contributed by atoms with Crippen LogP contribution in [0.4, 0.5) is 0 Å². The van der Waals surface area contributed by atoms with Gasteiger partial charge in [0.05, 0.1) is 11.4 Å². The van der Waals surface area contributed by atoms with Crippen LogP contribution >= 0.6 is 0 Å². The molecule has 2 atom stereocenters. The third-order valence-corrected chi connectivity index (χ3v) is 4.50. The Morgan fingerprint density at radius 2 is 2.04 bits per heavy atom. The lowest BCUT2D eigenvalue weighted by Crippen LogP contribution is -2.40. The van der Waals surface area contributed by atoms with E-state index in [4.69, 9.17) is 4.42 Å². The number of amides is 2. The Hall–Kier alpha value is -3.09. The summed E-state index contributed by atoms with van der Waals surface area (Å²) in [7, 11) is 0. The molecule has 1 fully saturated rings. The molecule has 4 rings (SSSR count). The van der Waals surface area contributed by atoms with Gasteiger partial charge in [0.2, 0.25) is 0 Å². The van der Waals surface area contributed by atoms with E-state index in [0.29, 0.717) is 17.4 Å². The summed E-state index contributed by atoms with van der Waals surface area (Å²) in [6.45, 7) is 0. The molecule has 0 bridgehead atoms. The SMILES string of the molecule is O=C1C=C2CC(NC(=O)c3cc(=O)c4ccccc4o3)CCC2N=N1. The van der Waals surface area contributed by atoms with E-state index in [2.05, 4.69) is 15.5 Å². The van der Waals surface area contributed by atoms with Gasteiger partial charge in [0, 0.05) is 18.2 Å². The summed E-state index contributed by atoms with van der Waals surface area (Å²) in [6.07, 6.45) is 3.47. The number of nitrogens with zero attached hydrogens (tertiary/aromatic N) is 2. The van der Waals surface area contributed by atoms with E-state index in [1.165, 1.54) is 12.1 Å².